The second-order valence-electron chi connectivity index (χ2n) is 5.30. The number of nitrogens with one attached hydrogen (secondary N) is 1. The number of hydrogen-bond acceptors (Lipinski definition) is 3. The fourth-order valence-electron chi connectivity index (χ4n) is 3.03. The molecular formula is C16H26N2O. The molecule has 19 heavy (non-hydrogen) atoms. The van der Waals surface area contributed by atoms with Crippen molar-refractivity contribution in [2.75, 3.05) is 27.2 Å². The van der Waals surface area contributed by atoms with Crippen LogP contribution in [0.5, 0.6) is 5.75 Å². The Morgan fingerprint density at radius 3 is 2.79 bits per heavy atom. The van der Waals surface area contributed by atoms with Crippen molar-refractivity contribution >= 4 is 0 Å². The Labute approximate surface area is 116 Å². The fourth-order valence-corrected chi connectivity index (χ4v) is 3.03. The van der Waals surface area contributed by atoms with Crippen molar-refractivity contribution in [3.05, 3.63) is 28.8 Å². The normalized spacial score (nSPS) is 19.3. The molecule has 0 amide bonds. The van der Waals surface area contributed by atoms with E-state index >= 15 is 0 Å². The molecule has 0 aliphatic carbocycles. The maximum Gasteiger partial charge on any atom is 0.123 e. The number of hydrogen-bond donors (Lipinski definition) is 1. The summed E-state index contributed by atoms with van der Waals surface area (Å²) in [7, 11) is 3.99. The molecule has 0 fully saturated rings. The highest BCUT2D eigenvalue weighted by molar-refractivity contribution is 5.45. The van der Waals surface area contributed by atoms with Gasteiger partial charge in [0.05, 0.1) is 7.11 Å². The SMILES string of the molecule is CCNCc1cc2c(cc1OC)C(CC)N(C)CC2. The summed E-state index contributed by atoms with van der Waals surface area (Å²) in [5.41, 5.74) is 4.23. The zero-order valence-corrected chi connectivity index (χ0v) is 12.6. The van der Waals surface area contributed by atoms with E-state index in [1.165, 1.54) is 16.7 Å². The molecule has 1 aliphatic heterocycles. The van der Waals surface area contributed by atoms with Crippen LogP contribution in [0.3, 0.4) is 0 Å². The first kappa shape index (κ1) is 14.4. The molecule has 1 heterocycles. The highest BCUT2D eigenvalue weighted by Crippen LogP contribution is 2.35. The zero-order valence-electron chi connectivity index (χ0n) is 12.6. The monoisotopic (exact) mass is 262 g/mol. The van der Waals surface area contributed by atoms with Gasteiger partial charge in [-0.15, -0.1) is 0 Å². The van der Waals surface area contributed by atoms with Crippen LogP contribution in [0, 0.1) is 0 Å². The third kappa shape index (κ3) is 2.93. The molecule has 0 bridgehead atoms. The van der Waals surface area contributed by atoms with Crippen LogP contribution in [0.2, 0.25) is 0 Å². The van der Waals surface area contributed by atoms with Crippen LogP contribution in [0.1, 0.15) is 43.0 Å². The highest BCUT2D eigenvalue weighted by Gasteiger charge is 2.24. The largest absolute Gasteiger partial charge is 0.496 e. The smallest absolute Gasteiger partial charge is 0.123 e. The molecule has 3 nitrogen and oxygen atoms in total. The minimum Gasteiger partial charge on any atom is -0.496 e. The maximum absolute atomic E-state index is 5.58. The van der Waals surface area contributed by atoms with Crippen molar-refractivity contribution in [2.24, 2.45) is 0 Å². The second-order valence-corrected chi connectivity index (χ2v) is 5.30. The molecule has 0 saturated heterocycles. The van der Waals surface area contributed by atoms with Gasteiger partial charge in [-0.3, -0.25) is 4.90 Å². The van der Waals surface area contributed by atoms with Crippen LogP contribution in [-0.4, -0.2) is 32.1 Å². The van der Waals surface area contributed by atoms with E-state index in [-0.39, 0.29) is 0 Å². The third-order valence-electron chi connectivity index (χ3n) is 4.12. The summed E-state index contributed by atoms with van der Waals surface area (Å²) >= 11 is 0. The summed E-state index contributed by atoms with van der Waals surface area (Å²) in [6.45, 7) is 7.42. The summed E-state index contributed by atoms with van der Waals surface area (Å²) in [6, 6.07) is 5.13. The lowest BCUT2D eigenvalue weighted by atomic mass is 9.89. The minimum atomic E-state index is 0.533. The van der Waals surface area contributed by atoms with Crippen molar-refractivity contribution in [3.8, 4) is 5.75 Å². The lowest BCUT2D eigenvalue weighted by molar-refractivity contribution is 0.224. The van der Waals surface area contributed by atoms with Crippen LogP contribution in [-0.2, 0) is 13.0 Å². The summed E-state index contributed by atoms with van der Waals surface area (Å²) in [6.07, 6.45) is 2.30. The van der Waals surface area contributed by atoms with Gasteiger partial charge < -0.3 is 10.1 Å². The Morgan fingerprint density at radius 2 is 2.16 bits per heavy atom. The first-order valence-electron chi connectivity index (χ1n) is 7.31. The third-order valence-corrected chi connectivity index (χ3v) is 4.12. The van der Waals surface area contributed by atoms with Crippen molar-refractivity contribution in [2.45, 2.75) is 39.3 Å². The molecule has 0 spiro atoms. The number of nitrogens with zero attached hydrogens (tertiary/aromatic N) is 1. The predicted molar refractivity (Wildman–Crippen MR) is 79.7 cm³/mol. The molecule has 0 radical (unpaired) electrons. The van der Waals surface area contributed by atoms with Crippen molar-refractivity contribution < 1.29 is 4.74 Å². The molecule has 3 heteroatoms. The molecule has 0 aromatic heterocycles. The molecule has 106 valence electrons. The van der Waals surface area contributed by atoms with Crippen molar-refractivity contribution in [1.82, 2.24) is 10.2 Å². The Morgan fingerprint density at radius 1 is 1.37 bits per heavy atom. The van der Waals surface area contributed by atoms with Gasteiger partial charge in [0, 0.05) is 24.7 Å². The summed E-state index contributed by atoms with van der Waals surface area (Å²) in [4.78, 5) is 2.45. The first-order valence-corrected chi connectivity index (χ1v) is 7.31. The van der Waals surface area contributed by atoms with Gasteiger partial charge in [0.25, 0.3) is 0 Å². The average Bonchev–Trinajstić information content (AvgIpc) is 2.44. The van der Waals surface area contributed by atoms with Gasteiger partial charge in [0.2, 0.25) is 0 Å². The lowest BCUT2D eigenvalue weighted by Gasteiger charge is -2.34. The molecule has 0 saturated carbocycles. The Hall–Kier alpha value is -1.06. The van der Waals surface area contributed by atoms with E-state index < -0.39 is 0 Å². The van der Waals surface area contributed by atoms with E-state index in [1.54, 1.807) is 7.11 Å². The summed E-state index contributed by atoms with van der Waals surface area (Å²) in [5.74, 6) is 1.02. The van der Waals surface area contributed by atoms with E-state index in [4.69, 9.17) is 4.74 Å². The predicted octanol–water partition coefficient (Wildman–Crippen LogP) is 2.74. The molecule has 1 aromatic carbocycles. The molecule has 1 atom stereocenters. The summed E-state index contributed by atoms with van der Waals surface area (Å²) < 4.78 is 5.58. The fraction of sp³-hybridized carbons (Fsp3) is 0.625. The van der Waals surface area contributed by atoms with E-state index in [9.17, 15) is 0 Å². The number of methoxy groups -OCH3 is 1. The van der Waals surface area contributed by atoms with Gasteiger partial charge in [-0.25, -0.2) is 0 Å². The van der Waals surface area contributed by atoms with Crippen LogP contribution < -0.4 is 10.1 Å². The van der Waals surface area contributed by atoms with Gasteiger partial charge in [-0.1, -0.05) is 19.9 Å². The highest BCUT2D eigenvalue weighted by atomic mass is 16.5. The topological polar surface area (TPSA) is 24.5 Å². The van der Waals surface area contributed by atoms with Gasteiger partial charge in [0.1, 0.15) is 5.75 Å². The zero-order chi connectivity index (χ0) is 13.8. The maximum atomic E-state index is 5.58. The van der Waals surface area contributed by atoms with Gasteiger partial charge in [-0.2, -0.15) is 0 Å². The van der Waals surface area contributed by atoms with Crippen LogP contribution in [0.4, 0.5) is 0 Å². The Kier molecular flexibility index (Phi) is 4.83. The van der Waals surface area contributed by atoms with E-state index in [0.29, 0.717) is 6.04 Å². The molecule has 1 unspecified atom stereocenters. The number of fused-ring (bicyclic) bond motifs is 1. The number of likely N-dealkylation sites (N-methyl/N-ethyl adjacent to an activating group) is 1. The van der Waals surface area contributed by atoms with Gasteiger partial charge >= 0.3 is 0 Å². The van der Waals surface area contributed by atoms with Gasteiger partial charge in [0.15, 0.2) is 0 Å². The van der Waals surface area contributed by atoms with Crippen molar-refractivity contribution in [1.29, 1.82) is 0 Å². The van der Waals surface area contributed by atoms with E-state index in [2.05, 4.69) is 43.2 Å². The van der Waals surface area contributed by atoms with Crippen LogP contribution >= 0.6 is 0 Å². The number of benzene rings is 1. The molecular weight excluding hydrogens is 236 g/mol. The quantitative estimate of drug-likeness (QED) is 0.883. The number of rotatable bonds is 5. The second kappa shape index (κ2) is 6.40. The van der Waals surface area contributed by atoms with Crippen molar-refractivity contribution in [3.63, 3.8) is 0 Å². The molecule has 1 aromatic rings. The first-order chi connectivity index (χ1) is 9.21. The van der Waals surface area contributed by atoms with Crippen LogP contribution in [0.25, 0.3) is 0 Å². The summed E-state index contributed by atoms with van der Waals surface area (Å²) in [5, 5.41) is 3.39. The molecule has 1 aliphatic rings. The van der Waals surface area contributed by atoms with Crippen LogP contribution in [0.15, 0.2) is 12.1 Å². The van der Waals surface area contributed by atoms with E-state index in [1.807, 2.05) is 0 Å². The average molecular weight is 262 g/mol. The minimum absolute atomic E-state index is 0.533. The molecule has 2 rings (SSSR count). The molecule has 1 N–H and O–H groups in total. The number of ether oxygens (including phenoxy) is 1. The van der Waals surface area contributed by atoms with Gasteiger partial charge in [-0.05, 0) is 43.6 Å². The van der Waals surface area contributed by atoms with E-state index in [0.717, 1.165) is 38.2 Å². The lowest BCUT2D eigenvalue weighted by Crippen LogP contribution is -2.32. The standard InChI is InChI=1S/C16H26N2O/c1-5-15-14-10-16(19-4)13(11-17-6-2)9-12(14)7-8-18(15)3/h9-10,15,17H,5-8,11H2,1-4H3. The Bertz CT molecular complexity index is 431. The Balaban J connectivity index is 2.37.